The number of hydrogen-bond donors (Lipinski definition) is 1. The van der Waals surface area contributed by atoms with Crippen molar-refractivity contribution in [3.63, 3.8) is 0 Å². The maximum absolute atomic E-state index is 12.8. The molecule has 2 fully saturated rings. The number of anilines is 1. The number of benzene rings is 2. The minimum Gasteiger partial charge on any atom is -0.370 e. The number of amides is 3. The number of imide groups is 1. The molecule has 7 heteroatoms. The standard InChI is InChI=1S/C25H28N4O3/c30-23-9-4-10-24(31)29(23)28-16-19-14-18(11-12-22(19)25(28)32)15-26-20-6-5-13-27(17-20)21-7-2-1-3-8-21/h1-3,7-8,11-12,14,20,26H,4-6,9-10,13,15-17H2/t20-/m1/s1. The van der Waals surface area contributed by atoms with Gasteiger partial charge in [-0.05, 0) is 48.6 Å². The maximum Gasteiger partial charge on any atom is 0.273 e. The predicted molar refractivity (Wildman–Crippen MR) is 121 cm³/mol. The van der Waals surface area contributed by atoms with Crippen LogP contribution in [-0.4, -0.2) is 46.9 Å². The Kier molecular flexibility index (Phi) is 5.66. The van der Waals surface area contributed by atoms with Gasteiger partial charge in [0.2, 0.25) is 11.8 Å². The molecule has 1 atom stereocenters. The molecule has 3 aliphatic heterocycles. The van der Waals surface area contributed by atoms with Gasteiger partial charge in [0.15, 0.2) is 0 Å². The van der Waals surface area contributed by atoms with Crippen molar-refractivity contribution in [3.8, 4) is 0 Å². The molecule has 2 saturated heterocycles. The summed E-state index contributed by atoms with van der Waals surface area (Å²) in [7, 11) is 0. The van der Waals surface area contributed by atoms with Crippen LogP contribution in [0.25, 0.3) is 0 Å². The van der Waals surface area contributed by atoms with Crippen LogP contribution < -0.4 is 10.2 Å². The Bertz CT molecular complexity index is 1020. The molecule has 2 aromatic carbocycles. The second kappa shape index (κ2) is 8.74. The molecular weight excluding hydrogens is 404 g/mol. The number of carbonyl (C=O) groups is 3. The number of rotatable bonds is 5. The molecule has 0 spiro atoms. The first-order valence-electron chi connectivity index (χ1n) is 11.4. The van der Waals surface area contributed by atoms with Crippen LogP contribution in [0.5, 0.6) is 0 Å². The van der Waals surface area contributed by atoms with Gasteiger partial charge in [-0.25, -0.2) is 5.01 Å². The van der Waals surface area contributed by atoms with Crippen molar-refractivity contribution in [2.45, 2.75) is 51.2 Å². The zero-order valence-electron chi connectivity index (χ0n) is 18.1. The van der Waals surface area contributed by atoms with Crippen LogP contribution in [0.15, 0.2) is 48.5 Å². The summed E-state index contributed by atoms with van der Waals surface area (Å²) in [5, 5.41) is 6.04. The van der Waals surface area contributed by atoms with E-state index in [1.165, 1.54) is 10.7 Å². The van der Waals surface area contributed by atoms with Crippen LogP contribution in [0, 0.1) is 0 Å². The normalized spacial score (nSPS) is 21.3. The van der Waals surface area contributed by atoms with E-state index in [2.05, 4.69) is 34.5 Å². The molecule has 1 N–H and O–H groups in total. The van der Waals surface area contributed by atoms with Gasteiger partial charge in [0.25, 0.3) is 5.91 Å². The van der Waals surface area contributed by atoms with Crippen LogP contribution >= 0.6 is 0 Å². The molecule has 3 aliphatic rings. The average Bonchev–Trinajstić information content (AvgIpc) is 3.14. The summed E-state index contributed by atoms with van der Waals surface area (Å²) < 4.78 is 0. The highest BCUT2D eigenvalue weighted by Gasteiger charge is 2.39. The summed E-state index contributed by atoms with van der Waals surface area (Å²) in [5.41, 5.74) is 3.81. The Morgan fingerprint density at radius 1 is 0.938 bits per heavy atom. The second-order valence-electron chi connectivity index (χ2n) is 8.81. The molecule has 0 bridgehead atoms. The van der Waals surface area contributed by atoms with Gasteiger partial charge in [0, 0.05) is 49.8 Å². The molecule has 0 saturated carbocycles. The number of hydrogen-bond acceptors (Lipinski definition) is 5. The van der Waals surface area contributed by atoms with Crippen molar-refractivity contribution in [2.24, 2.45) is 0 Å². The van der Waals surface area contributed by atoms with Gasteiger partial charge < -0.3 is 10.2 Å². The molecule has 7 nitrogen and oxygen atoms in total. The molecule has 0 unspecified atom stereocenters. The zero-order chi connectivity index (χ0) is 22.1. The summed E-state index contributed by atoms with van der Waals surface area (Å²) in [4.78, 5) is 39.8. The molecule has 0 radical (unpaired) electrons. The first-order chi connectivity index (χ1) is 15.6. The number of piperidine rings is 2. The Hall–Kier alpha value is -3.19. The van der Waals surface area contributed by atoms with Crippen molar-refractivity contribution in [2.75, 3.05) is 18.0 Å². The summed E-state index contributed by atoms with van der Waals surface area (Å²) in [6, 6.07) is 16.7. The summed E-state index contributed by atoms with van der Waals surface area (Å²) in [5.74, 6) is -0.844. The van der Waals surface area contributed by atoms with Crippen LogP contribution in [0.3, 0.4) is 0 Å². The van der Waals surface area contributed by atoms with E-state index in [0.717, 1.165) is 48.6 Å². The smallest absolute Gasteiger partial charge is 0.273 e. The van der Waals surface area contributed by atoms with E-state index in [1.54, 1.807) is 0 Å². The lowest BCUT2D eigenvalue weighted by molar-refractivity contribution is -0.163. The van der Waals surface area contributed by atoms with E-state index in [0.29, 0.717) is 30.9 Å². The van der Waals surface area contributed by atoms with E-state index in [4.69, 9.17) is 0 Å². The lowest BCUT2D eigenvalue weighted by atomic mass is 10.0. The van der Waals surface area contributed by atoms with Crippen LogP contribution in [0.1, 0.15) is 53.6 Å². The number of fused-ring (bicyclic) bond motifs is 1. The number of nitrogens with zero attached hydrogens (tertiary/aromatic N) is 3. The number of hydrazine groups is 1. The van der Waals surface area contributed by atoms with Crippen LogP contribution in [0.4, 0.5) is 5.69 Å². The number of para-hydroxylation sites is 1. The van der Waals surface area contributed by atoms with Crippen molar-refractivity contribution in [3.05, 3.63) is 65.2 Å². The topological polar surface area (TPSA) is 73.0 Å². The Morgan fingerprint density at radius 2 is 1.72 bits per heavy atom. The number of nitrogens with one attached hydrogen (secondary N) is 1. The van der Waals surface area contributed by atoms with Crippen LogP contribution in [-0.2, 0) is 22.7 Å². The highest BCUT2D eigenvalue weighted by Crippen LogP contribution is 2.28. The minimum atomic E-state index is -0.287. The first-order valence-corrected chi connectivity index (χ1v) is 11.4. The number of carbonyl (C=O) groups excluding carboxylic acids is 3. The van der Waals surface area contributed by atoms with E-state index in [-0.39, 0.29) is 24.3 Å². The van der Waals surface area contributed by atoms with Gasteiger partial charge >= 0.3 is 0 Å². The van der Waals surface area contributed by atoms with Crippen molar-refractivity contribution in [1.29, 1.82) is 0 Å². The van der Waals surface area contributed by atoms with Gasteiger partial charge in [-0.2, -0.15) is 5.01 Å². The Labute approximate surface area is 187 Å². The Morgan fingerprint density at radius 3 is 2.50 bits per heavy atom. The van der Waals surface area contributed by atoms with Gasteiger partial charge in [-0.3, -0.25) is 14.4 Å². The third-order valence-electron chi connectivity index (χ3n) is 6.59. The summed E-state index contributed by atoms with van der Waals surface area (Å²) in [6.07, 6.45) is 3.46. The van der Waals surface area contributed by atoms with Gasteiger partial charge in [-0.15, -0.1) is 0 Å². The van der Waals surface area contributed by atoms with Gasteiger partial charge in [0.05, 0.1) is 6.54 Å². The van der Waals surface area contributed by atoms with E-state index in [1.807, 2.05) is 24.3 Å². The molecule has 0 aliphatic carbocycles. The fourth-order valence-corrected chi connectivity index (χ4v) is 4.92. The molecular formula is C25H28N4O3. The van der Waals surface area contributed by atoms with E-state index < -0.39 is 0 Å². The zero-order valence-corrected chi connectivity index (χ0v) is 18.1. The molecule has 3 amide bonds. The van der Waals surface area contributed by atoms with Crippen molar-refractivity contribution < 1.29 is 14.4 Å². The largest absolute Gasteiger partial charge is 0.370 e. The maximum atomic E-state index is 12.8. The third-order valence-corrected chi connectivity index (χ3v) is 6.59. The van der Waals surface area contributed by atoms with Crippen molar-refractivity contribution in [1.82, 2.24) is 15.3 Å². The molecule has 2 aromatic rings. The molecule has 0 aromatic heterocycles. The molecule has 5 rings (SSSR count). The summed E-state index contributed by atoms with van der Waals surface area (Å²) in [6.45, 7) is 3.04. The van der Waals surface area contributed by atoms with E-state index >= 15 is 0 Å². The highest BCUT2D eigenvalue weighted by atomic mass is 16.2. The second-order valence-corrected chi connectivity index (χ2v) is 8.81. The molecule has 32 heavy (non-hydrogen) atoms. The van der Waals surface area contributed by atoms with Gasteiger partial charge in [-0.1, -0.05) is 30.3 Å². The highest BCUT2D eigenvalue weighted by molar-refractivity contribution is 6.04. The fraction of sp³-hybridized carbons (Fsp3) is 0.400. The monoisotopic (exact) mass is 432 g/mol. The predicted octanol–water partition coefficient (Wildman–Crippen LogP) is 2.86. The van der Waals surface area contributed by atoms with E-state index in [9.17, 15) is 14.4 Å². The van der Waals surface area contributed by atoms with Gasteiger partial charge in [0.1, 0.15) is 0 Å². The SMILES string of the molecule is O=C1c2ccc(CN[C@@H]3CCCN(c4ccccc4)C3)cc2CN1N1C(=O)CCCC1=O. The lowest BCUT2D eigenvalue weighted by Gasteiger charge is -2.35. The first kappa shape index (κ1) is 20.7. The summed E-state index contributed by atoms with van der Waals surface area (Å²) >= 11 is 0. The quantitative estimate of drug-likeness (QED) is 0.736. The molecule has 3 heterocycles. The lowest BCUT2D eigenvalue weighted by Crippen LogP contribution is -2.51. The third kappa shape index (κ3) is 4.00. The fourth-order valence-electron chi connectivity index (χ4n) is 4.92. The molecule has 166 valence electrons. The van der Waals surface area contributed by atoms with Crippen molar-refractivity contribution >= 4 is 23.4 Å². The Balaban J connectivity index is 1.23. The van der Waals surface area contributed by atoms with Crippen LogP contribution in [0.2, 0.25) is 0 Å². The average molecular weight is 433 g/mol. The minimum absolute atomic E-state index is 0.269.